The van der Waals surface area contributed by atoms with Crippen LogP contribution in [0.25, 0.3) is 10.1 Å². The maximum atomic E-state index is 12.4. The molecule has 8 heteroatoms. The molecule has 0 aliphatic heterocycles. The van der Waals surface area contributed by atoms with Gasteiger partial charge in [0.2, 0.25) is 0 Å². The van der Waals surface area contributed by atoms with Gasteiger partial charge in [0, 0.05) is 31.2 Å². The van der Waals surface area contributed by atoms with Gasteiger partial charge < -0.3 is 20.1 Å². The fourth-order valence-corrected chi connectivity index (χ4v) is 4.04. The van der Waals surface area contributed by atoms with Gasteiger partial charge in [-0.3, -0.25) is 4.79 Å². The zero-order valence-electron chi connectivity index (χ0n) is 14.6. The van der Waals surface area contributed by atoms with Gasteiger partial charge >= 0.3 is 0 Å². The highest BCUT2D eigenvalue weighted by atomic mass is 32.1. The number of nitrogens with zero attached hydrogens (tertiary/aromatic N) is 1. The Kier molecular flexibility index (Phi) is 6.39. The van der Waals surface area contributed by atoms with Crippen molar-refractivity contribution in [3.05, 3.63) is 53.3 Å². The van der Waals surface area contributed by atoms with E-state index in [-0.39, 0.29) is 12.0 Å². The predicted octanol–water partition coefficient (Wildman–Crippen LogP) is 3.45. The second kappa shape index (κ2) is 8.94. The Hall–Kier alpha value is -2.21. The second-order valence-corrected chi connectivity index (χ2v) is 7.18. The molecule has 2 aromatic heterocycles. The summed E-state index contributed by atoms with van der Waals surface area (Å²) in [6.45, 7) is 1.08. The molecule has 136 valence electrons. The largest absolute Gasteiger partial charge is 0.497 e. The second-order valence-electron chi connectivity index (χ2n) is 5.52. The monoisotopic (exact) mass is 389 g/mol. The Morgan fingerprint density at radius 3 is 3.08 bits per heavy atom. The van der Waals surface area contributed by atoms with Crippen molar-refractivity contribution in [1.29, 1.82) is 0 Å². The number of allylic oxidation sites excluding steroid dienone is 1. The lowest BCUT2D eigenvalue weighted by molar-refractivity contribution is -0.117. The molecule has 1 aliphatic carbocycles. The highest BCUT2D eigenvalue weighted by molar-refractivity contribution is 7.30. The Morgan fingerprint density at radius 2 is 2.27 bits per heavy atom. The van der Waals surface area contributed by atoms with Gasteiger partial charge in [0.1, 0.15) is 11.6 Å². The van der Waals surface area contributed by atoms with Crippen molar-refractivity contribution in [3.8, 4) is 0 Å². The van der Waals surface area contributed by atoms with Crippen LogP contribution in [0, 0.1) is 0 Å². The summed E-state index contributed by atoms with van der Waals surface area (Å²) in [4.78, 5) is 12.4. The molecule has 0 aromatic carbocycles. The number of hydrogen-bond donors (Lipinski definition) is 2. The van der Waals surface area contributed by atoms with Crippen molar-refractivity contribution >= 4 is 41.5 Å². The van der Waals surface area contributed by atoms with Gasteiger partial charge in [-0.15, -0.1) is 0 Å². The van der Waals surface area contributed by atoms with Gasteiger partial charge in [-0.2, -0.15) is 4.37 Å². The van der Waals surface area contributed by atoms with E-state index in [0.717, 1.165) is 11.2 Å². The Labute approximate surface area is 157 Å². The van der Waals surface area contributed by atoms with Crippen LogP contribution in [-0.2, 0) is 14.3 Å². The first-order valence-electron chi connectivity index (χ1n) is 8.11. The van der Waals surface area contributed by atoms with Crippen molar-refractivity contribution in [2.24, 2.45) is 0 Å². The molecule has 0 saturated carbocycles. The molecule has 1 atom stereocenters. The lowest BCUT2D eigenvalue weighted by Crippen LogP contribution is -2.29. The van der Waals surface area contributed by atoms with Crippen molar-refractivity contribution in [2.45, 2.75) is 6.10 Å². The number of nitrogens with one attached hydrogen (secondary N) is 2. The fourth-order valence-electron chi connectivity index (χ4n) is 2.46. The summed E-state index contributed by atoms with van der Waals surface area (Å²) in [6.07, 6.45) is 6.87. The normalized spacial score (nSPS) is 16.9. The zero-order valence-corrected chi connectivity index (χ0v) is 16.3. The topological polar surface area (TPSA) is 72.5 Å². The van der Waals surface area contributed by atoms with Gasteiger partial charge in [-0.05, 0) is 41.3 Å². The van der Waals surface area contributed by atoms with E-state index >= 15 is 0 Å². The fraction of sp³-hybridized carbons (Fsp3) is 0.278. The van der Waals surface area contributed by atoms with Crippen molar-refractivity contribution < 1.29 is 14.3 Å². The molecule has 0 saturated heterocycles. The SMILES string of the molecule is COC1=CC(OC)C=CC(C(=O)NCCNc2nsc3cpccc23)=C1. The average molecular weight is 389 g/mol. The number of methoxy groups -OCH3 is 2. The number of amides is 1. The van der Waals surface area contributed by atoms with Crippen LogP contribution in [-0.4, -0.2) is 43.7 Å². The summed E-state index contributed by atoms with van der Waals surface area (Å²) < 4.78 is 16.2. The van der Waals surface area contributed by atoms with Gasteiger partial charge in [0.05, 0.1) is 17.9 Å². The third kappa shape index (κ3) is 4.49. The van der Waals surface area contributed by atoms with Gasteiger partial charge in [-0.25, -0.2) is 0 Å². The lowest BCUT2D eigenvalue weighted by atomic mass is 10.2. The van der Waals surface area contributed by atoms with E-state index in [0.29, 0.717) is 24.4 Å². The standard InChI is InChI=1S/C18H20N3O3PS/c1-23-13-4-3-12(9-14(10-13)24-2)18(22)20-7-6-19-17-15-5-8-25-11-16(15)26-21-17/h3-5,8-11,13H,6-7H2,1-2H3,(H,19,21)(H,20,22). The van der Waals surface area contributed by atoms with Crippen LogP contribution in [0.2, 0.25) is 0 Å². The third-order valence-corrected chi connectivity index (χ3v) is 5.55. The van der Waals surface area contributed by atoms with E-state index in [9.17, 15) is 4.79 Å². The molecule has 1 unspecified atom stereocenters. The summed E-state index contributed by atoms with van der Waals surface area (Å²) in [5.41, 5.74) is 0.528. The van der Waals surface area contributed by atoms with E-state index in [1.165, 1.54) is 24.4 Å². The van der Waals surface area contributed by atoms with Crippen LogP contribution in [0.5, 0.6) is 0 Å². The first-order chi connectivity index (χ1) is 12.7. The summed E-state index contributed by atoms with van der Waals surface area (Å²) in [7, 11) is 4.36. The minimum Gasteiger partial charge on any atom is -0.497 e. The molecule has 6 nitrogen and oxygen atoms in total. The minimum atomic E-state index is -0.215. The number of carbonyl (C=O) groups excluding carboxylic acids is 1. The van der Waals surface area contributed by atoms with E-state index in [1.807, 2.05) is 12.2 Å². The van der Waals surface area contributed by atoms with Crippen LogP contribution >= 0.6 is 19.7 Å². The Balaban J connectivity index is 1.54. The molecule has 0 radical (unpaired) electrons. The number of anilines is 1. The predicted molar refractivity (Wildman–Crippen MR) is 107 cm³/mol. The minimum absolute atomic E-state index is 0.157. The number of fused-ring (bicyclic) bond motifs is 1. The summed E-state index contributed by atoms with van der Waals surface area (Å²) in [5.74, 6) is 5.53. The first-order valence-corrected chi connectivity index (χ1v) is 9.92. The Morgan fingerprint density at radius 1 is 1.38 bits per heavy atom. The summed E-state index contributed by atoms with van der Waals surface area (Å²) in [6, 6.07) is 2.08. The molecule has 2 N–H and O–H groups in total. The van der Waals surface area contributed by atoms with E-state index < -0.39 is 0 Å². The maximum absolute atomic E-state index is 12.4. The first kappa shape index (κ1) is 18.6. The number of ether oxygens (including phenoxy) is 2. The number of aromatic nitrogens is 1. The molecule has 0 fully saturated rings. The van der Waals surface area contributed by atoms with Crippen LogP contribution < -0.4 is 10.6 Å². The molecule has 2 aromatic rings. The summed E-state index contributed by atoms with van der Waals surface area (Å²) in [5, 5.41) is 7.30. The number of rotatable bonds is 7. The lowest BCUT2D eigenvalue weighted by Gasteiger charge is -2.07. The van der Waals surface area contributed by atoms with Crippen LogP contribution in [0.3, 0.4) is 0 Å². The Bertz CT molecular complexity index is 875. The molecular formula is C18H20N3O3PS. The van der Waals surface area contributed by atoms with Crippen molar-refractivity contribution in [3.63, 3.8) is 0 Å². The van der Waals surface area contributed by atoms with Crippen LogP contribution in [0.1, 0.15) is 0 Å². The number of carbonyl (C=O) groups is 1. The molecule has 0 spiro atoms. The highest BCUT2D eigenvalue weighted by Gasteiger charge is 2.13. The summed E-state index contributed by atoms with van der Waals surface area (Å²) >= 11 is 1.48. The number of hydrogen-bond acceptors (Lipinski definition) is 6. The maximum Gasteiger partial charge on any atom is 0.251 e. The van der Waals surface area contributed by atoms with E-state index in [1.54, 1.807) is 26.4 Å². The average Bonchev–Trinajstić information content (AvgIpc) is 2.95. The molecule has 3 rings (SSSR count). The molecular weight excluding hydrogens is 369 g/mol. The zero-order chi connectivity index (χ0) is 18.4. The van der Waals surface area contributed by atoms with E-state index in [2.05, 4.69) is 32.7 Å². The third-order valence-electron chi connectivity index (χ3n) is 3.84. The quantitative estimate of drug-likeness (QED) is 0.710. The van der Waals surface area contributed by atoms with Gasteiger partial charge in [-0.1, -0.05) is 20.3 Å². The van der Waals surface area contributed by atoms with Gasteiger partial charge in [0.25, 0.3) is 5.91 Å². The molecule has 1 aliphatic rings. The highest BCUT2D eigenvalue weighted by Crippen LogP contribution is 2.28. The van der Waals surface area contributed by atoms with Crippen LogP contribution in [0.15, 0.2) is 53.3 Å². The van der Waals surface area contributed by atoms with E-state index in [4.69, 9.17) is 9.47 Å². The van der Waals surface area contributed by atoms with Crippen molar-refractivity contribution in [1.82, 2.24) is 9.69 Å². The molecule has 2 heterocycles. The van der Waals surface area contributed by atoms with Gasteiger partial charge in [0.15, 0.2) is 0 Å². The smallest absolute Gasteiger partial charge is 0.251 e. The molecule has 26 heavy (non-hydrogen) atoms. The molecule has 1 amide bonds. The van der Waals surface area contributed by atoms with Crippen LogP contribution in [0.4, 0.5) is 5.82 Å². The van der Waals surface area contributed by atoms with Crippen molar-refractivity contribution in [2.75, 3.05) is 32.6 Å². The molecule has 0 bridgehead atoms.